The summed E-state index contributed by atoms with van der Waals surface area (Å²) in [5.41, 5.74) is 0.362. The highest BCUT2D eigenvalue weighted by Crippen LogP contribution is 2.32. The maximum atomic E-state index is 11.5. The van der Waals surface area contributed by atoms with Gasteiger partial charge < -0.3 is 9.84 Å². The van der Waals surface area contributed by atoms with E-state index in [1.807, 2.05) is 0 Å². The Kier molecular flexibility index (Phi) is 2.48. The maximum absolute atomic E-state index is 11.5. The second kappa shape index (κ2) is 3.66. The van der Waals surface area contributed by atoms with Gasteiger partial charge in [-0.25, -0.2) is 4.79 Å². The van der Waals surface area contributed by atoms with Crippen molar-refractivity contribution in [2.75, 3.05) is 6.61 Å². The lowest BCUT2D eigenvalue weighted by atomic mass is 10.0. The minimum Gasteiger partial charge on any atom is -0.491 e. The van der Waals surface area contributed by atoms with Gasteiger partial charge in [-0.3, -0.25) is 4.79 Å². The van der Waals surface area contributed by atoms with Crippen molar-refractivity contribution in [2.24, 2.45) is 0 Å². The number of carboxylic acids is 1. The molecule has 1 heterocycles. The molecule has 0 fully saturated rings. The fourth-order valence-electron chi connectivity index (χ4n) is 1.50. The summed E-state index contributed by atoms with van der Waals surface area (Å²) in [5, 5.41) is 8.94. The van der Waals surface area contributed by atoms with Gasteiger partial charge in [-0.05, 0) is 12.1 Å². The van der Waals surface area contributed by atoms with Gasteiger partial charge in [-0.2, -0.15) is 0 Å². The Morgan fingerprint density at radius 2 is 2.20 bits per heavy atom. The summed E-state index contributed by atoms with van der Waals surface area (Å²) in [7, 11) is 0. The van der Waals surface area contributed by atoms with Crippen LogP contribution >= 0.6 is 15.9 Å². The Hall–Kier alpha value is -1.36. The predicted molar refractivity (Wildman–Crippen MR) is 55.5 cm³/mol. The molecule has 15 heavy (non-hydrogen) atoms. The maximum Gasteiger partial charge on any atom is 0.339 e. The molecule has 1 aliphatic rings. The topological polar surface area (TPSA) is 63.6 Å². The molecule has 0 bridgehead atoms. The Morgan fingerprint density at radius 3 is 2.87 bits per heavy atom. The van der Waals surface area contributed by atoms with Gasteiger partial charge in [0.15, 0.2) is 5.78 Å². The van der Waals surface area contributed by atoms with Crippen molar-refractivity contribution in [1.82, 2.24) is 0 Å². The van der Waals surface area contributed by atoms with Gasteiger partial charge >= 0.3 is 5.97 Å². The number of carbonyl (C=O) groups is 2. The molecular formula is C10H7BrO4. The molecule has 0 amide bonds. The van der Waals surface area contributed by atoms with Crippen LogP contribution in [0, 0.1) is 0 Å². The number of fused-ring (bicyclic) bond motifs is 1. The quantitative estimate of drug-likeness (QED) is 0.849. The number of Topliss-reactive ketones (excluding diaryl/α,β-unsaturated/α-hetero) is 1. The number of halogens is 1. The summed E-state index contributed by atoms with van der Waals surface area (Å²) in [6.45, 7) is 0.244. The molecule has 78 valence electrons. The molecule has 4 nitrogen and oxygen atoms in total. The third-order valence-corrected chi connectivity index (χ3v) is 2.62. The van der Waals surface area contributed by atoms with Crippen LogP contribution in [-0.2, 0) is 0 Å². The summed E-state index contributed by atoms with van der Waals surface area (Å²) in [6, 6.07) is 3.02. The van der Waals surface area contributed by atoms with E-state index in [1.165, 1.54) is 6.07 Å². The Morgan fingerprint density at radius 1 is 1.47 bits per heavy atom. The average molecular weight is 271 g/mol. The Bertz CT molecular complexity index is 436. The number of carboxylic acid groups (broad SMARTS) is 1. The zero-order valence-corrected chi connectivity index (χ0v) is 9.20. The van der Waals surface area contributed by atoms with E-state index >= 15 is 0 Å². The highest BCUT2D eigenvalue weighted by atomic mass is 79.9. The number of hydrogen-bond donors (Lipinski definition) is 1. The highest BCUT2D eigenvalue weighted by molar-refractivity contribution is 9.10. The standard InChI is InChI=1S/C10H7BrO4/c11-5-3-6-8(12)1-2-15-9(6)7(4-5)10(13)14/h3-4H,1-2H2,(H,13,14). The molecule has 0 saturated heterocycles. The van der Waals surface area contributed by atoms with Gasteiger partial charge in [0.1, 0.15) is 11.3 Å². The van der Waals surface area contributed by atoms with Crippen molar-refractivity contribution in [3.05, 3.63) is 27.7 Å². The van der Waals surface area contributed by atoms with Gasteiger partial charge in [-0.15, -0.1) is 0 Å². The number of ketones is 1. The first-order valence-corrected chi connectivity index (χ1v) is 5.11. The van der Waals surface area contributed by atoms with Crippen LogP contribution in [0.25, 0.3) is 0 Å². The van der Waals surface area contributed by atoms with E-state index in [0.29, 0.717) is 16.5 Å². The van der Waals surface area contributed by atoms with Gasteiger partial charge in [0.05, 0.1) is 12.2 Å². The van der Waals surface area contributed by atoms with Crippen molar-refractivity contribution in [2.45, 2.75) is 6.42 Å². The molecule has 0 atom stereocenters. The first kappa shape index (κ1) is 10.2. The SMILES string of the molecule is O=C(O)c1cc(Br)cc2c1OCCC2=O. The average Bonchev–Trinajstić information content (AvgIpc) is 2.18. The minimum atomic E-state index is -1.10. The zero-order chi connectivity index (χ0) is 11.0. The molecule has 1 aromatic rings. The van der Waals surface area contributed by atoms with Crippen LogP contribution in [0.2, 0.25) is 0 Å². The number of carbonyl (C=O) groups excluding carboxylic acids is 1. The number of ether oxygens (including phenoxy) is 1. The zero-order valence-electron chi connectivity index (χ0n) is 7.62. The minimum absolute atomic E-state index is 0.0208. The molecule has 0 unspecified atom stereocenters. The molecule has 0 aromatic heterocycles. The van der Waals surface area contributed by atoms with Gasteiger partial charge in [0.2, 0.25) is 0 Å². The van der Waals surface area contributed by atoms with E-state index in [2.05, 4.69) is 15.9 Å². The van der Waals surface area contributed by atoms with E-state index in [0.717, 1.165) is 0 Å². The van der Waals surface area contributed by atoms with Gasteiger partial charge in [0, 0.05) is 10.9 Å². The fraction of sp³-hybridized carbons (Fsp3) is 0.200. The highest BCUT2D eigenvalue weighted by Gasteiger charge is 2.24. The molecule has 2 rings (SSSR count). The Labute approximate surface area is 94.0 Å². The summed E-state index contributed by atoms with van der Waals surface area (Å²) in [5.74, 6) is -0.996. The fourth-order valence-corrected chi connectivity index (χ4v) is 1.95. The molecule has 0 aliphatic carbocycles. The van der Waals surface area contributed by atoms with Crippen molar-refractivity contribution in [3.8, 4) is 5.75 Å². The lowest BCUT2D eigenvalue weighted by Gasteiger charge is -2.18. The van der Waals surface area contributed by atoms with E-state index in [1.54, 1.807) is 6.07 Å². The summed E-state index contributed by atoms with van der Waals surface area (Å²) in [6.07, 6.45) is 0.294. The first-order chi connectivity index (χ1) is 7.09. The number of aromatic carboxylic acids is 1. The second-order valence-corrected chi connectivity index (χ2v) is 4.07. The molecule has 1 aromatic carbocycles. The summed E-state index contributed by atoms with van der Waals surface area (Å²) < 4.78 is 5.79. The molecule has 1 N–H and O–H groups in total. The molecule has 1 aliphatic heterocycles. The molecule has 0 radical (unpaired) electrons. The van der Waals surface area contributed by atoms with Crippen LogP contribution in [0.4, 0.5) is 0 Å². The van der Waals surface area contributed by atoms with Crippen LogP contribution in [0.5, 0.6) is 5.75 Å². The third kappa shape index (κ3) is 1.74. The number of hydrogen-bond acceptors (Lipinski definition) is 3. The van der Waals surface area contributed by atoms with Crippen LogP contribution in [0.1, 0.15) is 27.1 Å². The lowest BCUT2D eigenvalue weighted by molar-refractivity contribution is 0.0691. The molecule has 0 saturated carbocycles. The predicted octanol–water partition coefficient (Wildman–Crippen LogP) is 2.11. The number of benzene rings is 1. The van der Waals surface area contributed by atoms with Crippen LogP contribution in [0.15, 0.2) is 16.6 Å². The van der Waals surface area contributed by atoms with Crippen LogP contribution < -0.4 is 4.74 Å². The second-order valence-electron chi connectivity index (χ2n) is 3.16. The molecule has 0 spiro atoms. The first-order valence-electron chi connectivity index (χ1n) is 4.32. The van der Waals surface area contributed by atoms with E-state index in [-0.39, 0.29) is 23.7 Å². The summed E-state index contributed by atoms with van der Waals surface area (Å²) in [4.78, 5) is 22.4. The van der Waals surface area contributed by atoms with E-state index < -0.39 is 5.97 Å². The van der Waals surface area contributed by atoms with Crippen LogP contribution in [-0.4, -0.2) is 23.5 Å². The van der Waals surface area contributed by atoms with Crippen molar-refractivity contribution in [3.63, 3.8) is 0 Å². The van der Waals surface area contributed by atoms with E-state index in [9.17, 15) is 9.59 Å². The molecular weight excluding hydrogens is 264 g/mol. The van der Waals surface area contributed by atoms with Gasteiger partial charge in [-0.1, -0.05) is 15.9 Å². The Balaban J connectivity index is 2.67. The number of rotatable bonds is 1. The molecule has 5 heteroatoms. The third-order valence-electron chi connectivity index (χ3n) is 2.16. The van der Waals surface area contributed by atoms with Crippen molar-refractivity contribution >= 4 is 27.7 Å². The van der Waals surface area contributed by atoms with Crippen LogP contribution in [0.3, 0.4) is 0 Å². The normalized spacial score (nSPS) is 14.3. The van der Waals surface area contributed by atoms with Gasteiger partial charge in [0.25, 0.3) is 0 Å². The smallest absolute Gasteiger partial charge is 0.339 e. The lowest BCUT2D eigenvalue weighted by Crippen LogP contribution is -2.18. The largest absolute Gasteiger partial charge is 0.491 e. The van der Waals surface area contributed by atoms with E-state index in [4.69, 9.17) is 9.84 Å². The monoisotopic (exact) mass is 270 g/mol. The summed E-state index contributed by atoms with van der Waals surface area (Å²) >= 11 is 3.17. The van der Waals surface area contributed by atoms with Crippen molar-refractivity contribution < 1.29 is 19.4 Å². The van der Waals surface area contributed by atoms with Crippen molar-refractivity contribution in [1.29, 1.82) is 0 Å².